The Kier molecular flexibility index (Phi) is 4.56. The summed E-state index contributed by atoms with van der Waals surface area (Å²) in [4.78, 5) is 21.5. The molecule has 9 nitrogen and oxygen atoms in total. The van der Waals surface area contributed by atoms with Crippen LogP contribution < -0.4 is 11.2 Å². The van der Waals surface area contributed by atoms with Crippen LogP contribution in [0, 0.1) is 22.9 Å². The van der Waals surface area contributed by atoms with E-state index in [0.29, 0.717) is 11.0 Å². The third-order valence-corrected chi connectivity index (χ3v) is 3.54. The van der Waals surface area contributed by atoms with E-state index in [2.05, 4.69) is 15.5 Å². The van der Waals surface area contributed by atoms with Gasteiger partial charge < -0.3 is 11.2 Å². The number of hydrogen-bond donors (Lipinski definition) is 2. The molecule has 0 radical (unpaired) electrons. The van der Waals surface area contributed by atoms with Crippen LogP contribution in [-0.2, 0) is 4.79 Å². The van der Waals surface area contributed by atoms with Crippen molar-refractivity contribution in [2.45, 2.75) is 12.1 Å². The van der Waals surface area contributed by atoms with Gasteiger partial charge in [-0.3, -0.25) is 14.9 Å². The normalized spacial score (nSPS) is 10.5. The van der Waals surface area contributed by atoms with Gasteiger partial charge in [-0.25, -0.2) is 4.68 Å². The number of carbonyl (C=O) groups excluding carboxylic acids is 1. The third kappa shape index (κ3) is 3.49. The van der Waals surface area contributed by atoms with Gasteiger partial charge >= 0.3 is 5.69 Å². The van der Waals surface area contributed by atoms with E-state index in [1.807, 2.05) is 0 Å². The van der Waals surface area contributed by atoms with Crippen LogP contribution in [0.2, 0.25) is 0 Å². The van der Waals surface area contributed by atoms with Gasteiger partial charge in [0, 0.05) is 11.8 Å². The standard InChI is InChI=1S/C11H11FN6O3S/c1-6-15-16-11(17(6)13)22-5-10(19)14-7-2-3-8(12)9(4-7)18(20)21/h2-4H,5,13H2,1H3,(H,14,19). The Bertz CT molecular complexity index is 735. The molecule has 1 amide bonds. The highest BCUT2D eigenvalue weighted by molar-refractivity contribution is 7.99. The number of nitrogens with two attached hydrogens (primary N) is 1. The van der Waals surface area contributed by atoms with Gasteiger partial charge in [0.1, 0.15) is 5.82 Å². The lowest BCUT2D eigenvalue weighted by molar-refractivity contribution is -0.387. The largest absolute Gasteiger partial charge is 0.336 e. The summed E-state index contributed by atoms with van der Waals surface area (Å²) in [5.74, 6) is 4.70. The Labute approximate surface area is 127 Å². The molecule has 11 heteroatoms. The van der Waals surface area contributed by atoms with E-state index in [-0.39, 0.29) is 11.4 Å². The molecule has 0 bridgehead atoms. The lowest BCUT2D eigenvalue weighted by Gasteiger charge is -2.05. The Hall–Kier alpha value is -2.69. The lowest BCUT2D eigenvalue weighted by atomic mass is 10.2. The molecular formula is C11H11FN6O3S. The molecule has 0 aliphatic heterocycles. The van der Waals surface area contributed by atoms with Crippen LogP contribution >= 0.6 is 11.8 Å². The van der Waals surface area contributed by atoms with E-state index >= 15 is 0 Å². The maximum atomic E-state index is 13.2. The summed E-state index contributed by atoms with van der Waals surface area (Å²) < 4.78 is 14.4. The van der Waals surface area contributed by atoms with Crippen molar-refractivity contribution in [1.82, 2.24) is 14.9 Å². The first-order valence-electron chi connectivity index (χ1n) is 5.92. The summed E-state index contributed by atoms with van der Waals surface area (Å²) >= 11 is 1.05. The van der Waals surface area contributed by atoms with Crippen molar-refractivity contribution in [3.05, 3.63) is 40.0 Å². The second kappa shape index (κ2) is 6.39. The number of carbonyl (C=O) groups is 1. The van der Waals surface area contributed by atoms with Crippen molar-refractivity contribution in [2.24, 2.45) is 0 Å². The fourth-order valence-electron chi connectivity index (χ4n) is 1.51. The van der Waals surface area contributed by atoms with Crippen molar-refractivity contribution in [3.8, 4) is 0 Å². The molecule has 0 unspecified atom stereocenters. The quantitative estimate of drug-likeness (QED) is 0.364. The van der Waals surface area contributed by atoms with Crippen LogP contribution in [0.15, 0.2) is 23.4 Å². The Morgan fingerprint density at radius 2 is 2.27 bits per heavy atom. The number of benzene rings is 1. The van der Waals surface area contributed by atoms with Crippen LogP contribution in [-0.4, -0.2) is 31.5 Å². The number of nitrogen functional groups attached to an aromatic ring is 1. The molecule has 0 aliphatic rings. The van der Waals surface area contributed by atoms with E-state index in [1.165, 1.54) is 10.7 Å². The summed E-state index contributed by atoms with van der Waals surface area (Å²) in [5, 5.41) is 20.9. The first-order valence-corrected chi connectivity index (χ1v) is 6.90. The number of aromatic nitrogens is 3. The number of aryl methyl sites for hydroxylation is 1. The van der Waals surface area contributed by atoms with Crippen LogP contribution in [0.3, 0.4) is 0 Å². The molecule has 1 heterocycles. The van der Waals surface area contributed by atoms with Crippen LogP contribution in [0.5, 0.6) is 0 Å². The van der Waals surface area contributed by atoms with Gasteiger partial charge in [0.15, 0.2) is 0 Å². The predicted octanol–water partition coefficient (Wildman–Crippen LogP) is 1.08. The van der Waals surface area contributed by atoms with Crippen LogP contribution in [0.4, 0.5) is 15.8 Å². The van der Waals surface area contributed by atoms with Crippen molar-refractivity contribution in [2.75, 3.05) is 16.9 Å². The monoisotopic (exact) mass is 326 g/mol. The number of thioether (sulfide) groups is 1. The molecular weight excluding hydrogens is 315 g/mol. The molecule has 22 heavy (non-hydrogen) atoms. The number of halogens is 1. The highest BCUT2D eigenvalue weighted by atomic mass is 32.2. The molecule has 0 atom stereocenters. The third-order valence-electron chi connectivity index (χ3n) is 2.59. The second-order valence-electron chi connectivity index (χ2n) is 4.16. The summed E-state index contributed by atoms with van der Waals surface area (Å²) in [6.07, 6.45) is 0. The number of rotatable bonds is 5. The number of hydrogen-bond acceptors (Lipinski definition) is 7. The zero-order valence-electron chi connectivity index (χ0n) is 11.3. The molecule has 0 fully saturated rings. The molecule has 0 saturated heterocycles. The highest BCUT2D eigenvalue weighted by Crippen LogP contribution is 2.22. The fraction of sp³-hybridized carbons (Fsp3) is 0.182. The SMILES string of the molecule is Cc1nnc(SCC(=O)Nc2ccc(F)c([N+](=O)[O-])c2)n1N. The molecule has 1 aromatic carbocycles. The molecule has 116 valence electrons. The number of nitro benzene ring substituents is 1. The molecule has 2 rings (SSSR count). The van der Waals surface area contributed by atoms with Gasteiger partial charge in [-0.2, -0.15) is 4.39 Å². The zero-order valence-corrected chi connectivity index (χ0v) is 12.1. The minimum Gasteiger partial charge on any atom is -0.336 e. The van der Waals surface area contributed by atoms with Crippen molar-refractivity contribution in [1.29, 1.82) is 0 Å². The number of nitrogens with zero attached hydrogens (tertiary/aromatic N) is 4. The van der Waals surface area contributed by atoms with E-state index in [4.69, 9.17) is 5.84 Å². The zero-order chi connectivity index (χ0) is 16.3. The molecule has 0 spiro atoms. The number of nitrogens with one attached hydrogen (secondary N) is 1. The van der Waals surface area contributed by atoms with Crippen molar-refractivity contribution >= 4 is 29.0 Å². The number of anilines is 1. The Balaban J connectivity index is 1.99. The molecule has 1 aromatic heterocycles. The summed E-state index contributed by atoms with van der Waals surface area (Å²) in [6.45, 7) is 1.66. The fourth-order valence-corrected chi connectivity index (χ4v) is 2.21. The van der Waals surface area contributed by atoms with E-state index in [1.54, 1.807) is 6.92 Å². The van der Waals surface area contributed by atoms with Gasteiger partial charge in [-0.05, 0) is 19.1 Å². The maximum absolute atomic E-state index is 13.2. The molecule has 0 saturated carbocycles. The minimum absolute atomic E-state index is 0.0273. The molecule has 3 N–H and O–H groups in total. The topological polar surface area (TPSA) is 129 Å². The van der Waals surface area contributed by atoms with E-state index in [0.717, 1.165) is 23.9 Å². The highest BCUT2D eigenvalue weighted by Gasteiger charge is 2.16. The number of nitro groups is 1. The summed E-state index contributed by atoms with van der Waals surface area (Å²) in [6, 6.07) is 3.11. The van der Waals surface area contributed by atoms with Gasteiger partial charge in [0.25, 0.3) is 0 Å². The summed E-state index contributed by atoms with van der Waals surface area (Å²) in [7, 11) is 0. The first-order chi connectivity index (χ1) is 10.4. The van der Waals surface area contributed by atoms with Crippen molar-refractivity contribution < 1.29 is 14.1 Å². The summed E-state index contributed by atoms with van der Waals surface area (Å²) in [5.41, 5.74) is -0.577. The maximum Gasteiger partial charge on any atom is 0.306 e. The van der Waals surface area contributed by atoms with Gasteiger partial charge in [-0.15, -0.1) is 10.2 Å². The van der Waals surface area contributed by atoms with Gasteiger partial charge in [0.2, 0.25) is 16.9 Å². The molecule has 0 aliphatic carbocycles. The van der Waals surface area contributed by atoms with Crippen LogP contribution in [0.25, 0.3) is 0 Å². The van der Waals surface area contributed by atoms with Crippen LogP contribution in [0.1, 0.15) is 5.82 Å². The Morgan fingerprint density at radius 1 is 1.55 bits per heavy atom. The van der Waals surface area contributed by atoms with Gasteiger partial charge in [0.05, 0.1) is 10.7 Å². The predicted molar refractivity (Wildman–Crippen MR) is 77.3 cm³/mol. The van der Waals surface area contributed by atoms with Gasteiger partial charge in [-0.1, -0.05) is 11.8 Å². The number of amides is 1. The average Bonchev–Trinajstić information content (AvgIpc) is 2.78. The average molecular weight is 326 g/mol. The lowest BCUT2D eigenvalue weighted by Crippen LogP contribution is -2.16. The first kappa shape index (κ1) is 15.7. The van der Waals surface area contributed by atoms with E-state index < -0.39 is 22.3 Å². The van der Waals surface area contributed by atoms with E-state index in [9.17, 15) is 19.3 Å². The molecule has 2 aromatic rings. The Morgan fingerprint density at radius 3 is 2.86 bits per heavy atom. The van der Waals surface area contributed by atoms with Crippen molar-refractivity contribution in [3.63, 3.8) is 0 Å². The second-order valence-corrected chi connectivity index (χ2v) is 5.10. The smallest absolute Gasteiger partial charge is 0.306 e. The minimum atomic E-state index is -0.968.